The molecular weight excluding hydrogens is 192 g/mol. The molecule has 80 valence electrons. The maximum Gasteiger partial charge on any atom is 0.254 e. The molecule has 0 radical (unpaired) electrons. The third-order valence-electron chi connectivity index (χ3n) is 2.49. The number of rotatable bonds is 2. The van der Waals surface area contributed by atoms with E-state index >= 15 is 0 Å². The summed E-state index contributed by atoms with van der Waals surface area (Å²) in [7, 11) is 0. The van der Waals surface area contributed by atoms with Gasteiger partial charge in [-0.3, -0.25) is 4.79 Å². The Bertz CT molecular complexity index is 540. The first-order valence-corrected chi connectivity index (χ1v) is 4.96. The molecule has 3 N–H and O–H groups in total. The van der Waals surface area contributed by atoms with Crippen LogP contribution >= 0.6 is 0 Å². The summed E-state index contributed by atoms with van der Waals surface area (Å²) in [4.78, 5) is 14.1. The maximum absolute atomic E-state index is 11.4. The lowest BCUT2D eigenvalue weighted by molar-refractivity contribution is 0.664. The number of nitrogens with zero attached hydrogens (tertiary/aromatic N) is 2. The Hall–Kier alpha value is -1.62. The topological polar surface area (TPSA) is 76.2 Å². The number of fused-ring (bicyclic) bond motifs is 1. The molecule has 0 saturated heterocycles. The van der Waals surface area contributed by atoms with Gasteiger partial charge in [0.1, 0.15) is 5.65 Å². The summed E-state index contributed by atoms with van der Waals surface area (Å²) in [5.74, 6) is 0. The Kier molecular flexibility index (Phi) is 2.32. The molecule has 15 heavy (non-hydrogen) atoms. The maximum atomic E-state index is 11.4. The predicted molar refractivity (Wildman–Crippen MR) is 57.8 cm³/mol. The highest BCUT2D eigenvalue weighted by Gasteiger charge is 2.09. The summed E-state index contributed by atoms with van der Waals surface area (Å²) in [6.45, 7) is 3.75. The lowest BCUT2D eigenvalue weighted by Gasteiger charge is -2.01. The van der Waals surface area contributed by atoms with Crippen molar-refractivity contribution in [1.29, 1.82) is 0 Å². The Balaban J connectivity index is 2.61. The first-order chi connectivity index (χ1) is 7.11. The lowest BCUT2D eigenvalue weighted by Crippen LogP contribution is -2.11. The normalized spacial score (nSPS) is 13.3. The van der Waals surface area contributed by atoms with Crippen LogP contribution in [0.15, 0.2) is 17.1 Å². The summed E-state index contributed by atoms with van der Waals surface area (Å²) in [6, 6.07) is 1.74. The SMILES string of the molecule is CC[C@H](N)c1cc2[nH]c(=O)c(C)cn2n1. The monoisotopic (exact) mass is 206 g/mol. The minimum atomic E-state index is -0.0842. The number of H-pyrrole nitrogens is 1. The molecule has 0 fully saturated rings. The third-order valence-corrected chi connectivity index (χ3v) is 2.49. The van der Waals surface area contributed by atoms with E-state index in [2.05, 4.69) is 10.1 Å². The van der Waals surface area contributed by atoms with E-state index in [1.54, 1.807) is 17.6 Å². The zero-order chi connectivity index (χ0) is 11.0. The molecule has 5 nitrogen and oxygen atoms in total. The van der Waals surface area contributed by atoms with Crippen molar-refractivity contribution in [3.8, 4) is 0 Å². The zero-order valence-electron chi connectivity index (χ0n) is 8.82. The minimum absolute atomic E-state index is 0.0753. The number of aromatic amines is 1. The molecule has 0 bridgehead atoms. The quantitative estimate of drug-likeness (QED) is 0.761. The molecule has 0 aliphatic carbocycles. The fourth-order valence-electron chi connectivity index (χ4n) is 1.45. The highest BCUT2D eigenvalue weighted by molar-refractivity contribution is 5.40. The van der Waals surface area contributed by atoms with Gasteiger partial charge in [0, 0.05) is 23.9 Å². The third kappa shape index (κ3) is 1.66. The average molecular weight is 206 g/mol. The van der Waals surface area contributed by atoms with Crippen LogP contribution in [0.25, 0.3) is 5.65 Å². The fraction of sp³-hybridized carbons (Fsp3) is 0.400. The minimum Gasteiger partial charge on any atom is -0.323 e. The number of aromatic nitrogens is 3. The molecule has 2 rings (SSSR count). The van der Waals surface area contributed by atoms with E-state index in [1.807, 2.05) is 13.0 Å². The Morgan fingerprint density at radius 3 is 3.07 bits per heavy atom. The van der Waals surface area contributed by atoms with Crippen molar-refractivity contribution < 1.29 is 0 Å². The van der Waals surface area contributed by atoms with Crippen molar-refractivity contribution in [2.45, 2.75) is 26.3 Å². The molecule has 2 heterocycles. The zero-order valence-corrected chi connectivity index (χ0v) is 8.82. The number of hydrogen-bond acceptors (Lipinski definition) is 3. The number of hydrogen-bond donors (Lipinski definition) is 2. The van der Waals surface area contributed by atoms with Crippen LogP contribution in [0.3, 0.4) is 0 Å². The molecule has 2 aromatic rings. The number of nitrogens with two attached hydrogens (primary N) is 1. The van der Waals surface area contributed by atoms with Gasteiger partial charge in [0.2, 0.25) is 0 Å². The summed E-state index contributed by atoms with van der Waals surface area (Å²) < 4.78 is 1.65. The van der Waals surface area contributed by atoms with Crippen LogP contribution in [0, 0.1) is 6.92 Å². The van der Waals surface area contributed by atoms with Crippen LogP contribution in [-0.2, 0) is 0 Å². The summed E-state index contributed by atoms with van der Waals surface area (Å²) in [6.07, 6.45) is 2.53. The molecule has 0 aromatic carbocycles. The van der Waals surface area contributed by atoms with Crippen molar-refractivity contribution in [2.24, 2.45) is 5.73 Å². The lowest BCUT2D eigenvalue weighted by atomic mass is 10.2. The van der Waals surface area contributed by atoms with Gasteiger partial charge in [0.25, 0.3) is 5.56 Å². The predicted octanol–water partition coefficient (Wildman–Crippen LogP) is 0.741. The molecule has 0 unspecified atom stereocenters. The molecular formula is C10H14N4O. The van der Waals surface area contributed by atoms with Gasteiger partial charge >= 0.3 is 0 Å². The van der Waals surface area contributed by atoms with Gasteiger partial charge in [-0.1, -0.05) is 6.92 Å². The second-order valence-electron chi connectivity index (χ2n) is 3.68. The largest absolute Gasteiger partial charge is 0.323 e. The Labute approximate surface area is 86.9 Å². The molecule has 0 spiro atoms. The van der Waals surface area contributed by atoms with Crippen molar-refractivity contribution >= 4 is 5.65 Å². The van der Waals surface area contributed by atoms with E-state index < -0.39 is 0 Å². The molecule has 0 aliphatic heterocycles. The summed E-state index contributed by atoms with van der Waals surface area (Å²) in [5, 5.41) is 4.31. The van der Waals surface area contributed by atoms with Crippen molar-refractivity contribution in [1.82, 2.24) is 14.6 Å². The van der Waals surface area contributed by atoms with Gasteiger partial charge in [-0.15, -0.1) is 0 Å². The van der Waals surface area contributed by atoms with Crippen LogP contribution < -0.4 is 11.3 Å². The van der Waals surface area contributed by atoms with E-state index in [4.69, 9.17) is 5.73 Å². The number of nitrogens with one attached hydrogen (secondary N) is 1. The molecule has 0 saturated carbocycles. The van der Waals surface area contributed by atoms with E-state index in [9.17, 15) is 4.79 Å². The van der Waals surface area contributed by atoms with Gasteiger partial charge in [-0.2, -0.15) is 5.10 Å². The molecule has 0 aliphatic rings. The van der Waals surface area contributed by atoms with Crippen LogP contribution in [0.2, 0.25) is 0 Å². The van der Waals surface area contributed by atoms with Gasteiger partial charge in [0.05, 0.1) is 5.69 Å². The second-order valence-corrected chi connectivity index (χ2v) is 3.68. The fourth-order valence-corrected chi connectivity index (χ4v) is 1.45. The van der Waals surface area contributed by atoms with E-state index in [1.165, 1.54) is 0 Å². The van der Waals surface area contributed by atoms with Crippen LogP contribution in [0.4, 0.5) is 0 Å². The number of aryl methyl sites for hydroxylation is 1. The molecule has 2 aromatic heterocycles. The van der Waals surface area contributed by atoms with Crippen LogP contribution in [-0.4, -0.2) is 14.6 Å². The average Bonchev–Trinajstić information content (AvgIpc) is 2.60. The molecule has 1 atom stereocenters. The highest BCUT2D eigenvalue weighted by atomic mass is 16.1. The van der Waals surface area contributed by atoms with E-state index in [0.29, 0.717) is 11.2 Å². The van der Waals surface area contributed by atoms with Gasteiger partial charge < -0.3 is 10.7 Å². The first kappa shape index (κ1) is 9.92. The van der Waals surface area contributed by atoms with Crippen molar-refractivity contribution in [3.05, 3.63) is 33.9 Å². The van der Waals surface area contributed by atoms with E-state index in [0.717, 1.165) is 12.1 Å². The van der Waals surface area contributed by atoms with Gasteiger partial charge in [0.15, 0.2) is 0 Å². The van der Waals surface area contributed by atoms with Crippen molar-refractivity contribution in [2.75, 3.05) is 0 Å². The Morgan fingerprint density at radius 2 is 2.40 bits per heavy atom. The highest BCUT2D eigenvalue weighted by Crippen LogP contribution is 2.12. The standard InChI is InChI=1S/C10H14N4O/c1-3-7(11)8-4-9-12-10(15)6(2)5-14(9)13-8/h4-5,7H,3,11H2,1-2H3,(H,12,15)/t7-/m0/s1. The van der Waals surface area contributed by atoms with Gasteiger partial charge in [-0.25, -0.2) is 4.52 Å². The van der Waals surface area contributed by atoms with Gasteiger partial charge in [-0.05, 0) is 13.3 Å². The molecule has 5 heteroatoms. The second kappa shape index (κ2) is 3.51. The Morgan fingerprint density at radius 1 is 1.67 bits per heavy atom. The van der Waals surface area contributed by atoms with E-state index in [-0.39, 0.29) is 11.6 Å². The van der Waals surface area contributed by atoms with Crippen molar-refractivity contribution in [3.63, 3.8) is 0 Å². The summed E-state index contributed by atoms with van der Waals surface area (Å²) in [5.41, 5.74) is 7.91. The van der Waals surface area contributed by atoms with Crippen LogP contribution in [0.5, 0.6) is 0 Å². The first-order valence-electron chi connectivity index (χ1n) is 4.96. The summed E-state index contributed by atoms with van der Waals surface area (Å²) >= 11 is 0. The molecule has 0 amide bonds. The van der Waals surface area contributed by atoms with Crippen LogP contribution in [0.1, 0.15) is 30.6 Å². The smallest absolute Gasteiger partial charge is 0.254 e.